The summed E-state index contributed by atoms with van der Waals surface area (Å²) in [5.74, 6) is 0.0492. The number of phenols is 1. The number of hydrogen-bond donors (Lipinski definition) is 1. The lowest BCUT2D eigenvalue weighted by atomic mass is 9.90. The van der Waals surface area contributed by atoms with E-state index in [0.717, 1.165) is 18.4 Å². The molecule has 4 rings (SSSR count). The molecule has 110 valence electrons. The maximum absolute atomic E-state index is 12.6. The van der Waals surface area contributed by atoms with Crippen LogP contribution in [-0.4, -0.2) is 5.11 Å². The summed E-state index contributed by atoms with van der Waals surface area (Å²) in [6.45, 7) is 0. The Morgan fingerprint density at radius 2 is 1.91 bits per heavy atom. The highest BCUT2D eigenvalue weighted by Crippen LogP contribution is 2.31. The van der Waals surface area contributed by atoms with Gasteiger partial charge in [0.05, 0.1) is 5.39 Å². The molecule has 1 aliphatic rings. The number of fused-ring (bicyclic) bond motifs is 2. The molecule has 0 bridgehead atoms. The van der Waals surface area contributed by atoms with Gasteiger partial charge in [-0.25, -0.2) is 0 Å². The van der Waals surface area contributed by atoms with E-state index in [2.05, 4.69) is 6.08 Å². The molecular formula is C19H16O3. The monoisotopic (exact) mass is 292 g/mol. The Morgan fingerprint density at radius 3 is 2.68 bits per heavy atom. The van der Waals surface area contributed by atoms with Crippen LogP contribution in [0.5, 0.6) is 5.75 Å². The quantitative estimate of drug-likeness (QED) is 0.566. The SMILES string of the molecule is O=c1c2ccccc2oc2ccc(CC=C3CCC3)c(O)c12. The Hall–Kier alpha value is -2.55. The van der Waals surface area contributed by atoms with Crippen LogP contribution < -0.4 is 5.43 Å². The molecule has 1 aromatic heterocycles. The highest BCUT2D eigenvalue weighted by Gasteiger charge is 2.14. The van der Waals surface area contributed by atoms with Crippen LogP contribution in [0.4, 0.5) is 0 Å². The normalized spacial score (nSPS) is 14.3. The lowest BCUT2D eigenvalue weighted by Gasteiger charge is -2.16. The largest absolute Gasteiger partial charge is 0.507 e. The molecule has 1 N–H and O–H groups in total. The minimum absolute atomic E-state index is 0.0492. The van der Waals surface area contributed by atoms with E-state index in [1.807, 2.05) is 12.1 Å². The van der Waals surface area contributed by atoms with Gasteiger partial charge in [-0.2, -0.15) is 0 Å². The molecule has 1 saturated carbocycles. The Bertz CT molecular complexity index is 957. The highest BCUT2D eigenvalue weighted by molar-refractivity contribution is 5.93. The maximum atomic E-state index is 12.6. The molecule has 0 saturated heterocycles. The first kappa shape index (κ1) is 13.1. The molecule has 3 heteroatoms. The van der Waals surface area contributed by atoms with E-state index in [4.69, 9.17) is 4.42 Å². The molecule has 3 aromatic rings. The van der Waals surface area contributed by atoms with Gasteiger partial charge in [-0.15, -0.1) is 0 Å². The van der Waals surface area contributed by atoms with Crippen LogP contribution in [0.3, 0.4) is 0 Å². The molecule has 22 heavy (non-hydrogen) atoms. The maximum Gasteiger partial charge on any atom is 0.204 e. The van der Waals surface area contributed by atoms with Crippen molar-refractivity contribution in [3.63, 3.8) is 0 Å². The van der Waals surface area contributed by atoms with E-state index < -0.39 is 0 Å². The second kappa shape index (κ2) is 5.02. The molecule has 3 nitrogen and oxygen atoms in total. The lowest BCUT2D eigenvalue weighted by Crippen LogP contribution is -2.03. The number of para-hydroxylation sites is 1. The summed E-state index contributed by atoms with van der Waals surface area (Å²) < 4.78 is 5.75. The van der Waals surface area contributed by atoms with Gasteiger partial charge < -0.3 is 9.52 Å². The van der Waals surface area contributed by atoms with E-state index in [1.54, 1.807) is 24.3 Å². The summed E-state index contributed by atoms with van der Waals surface area (Å²) in [4.78, 5) is 12.6. The molecular weight excluding hydrogens is 276 g/mol. The highest BCUT2D eigenvalue weighted by atomic mass is 16.3. The van der Waals surface area contributed by atoms with Gasteiger partial charge in [0.15, 0.2) is 0 Å². The first-order valence-electron chi connectivity index (χ1n) is 7.58. The molecule has 0 radical (unpaired) electrons. The fraction of sp³-hybridized carbons (Fsp3) is 0.211. The Balaban J connectivity index is 1.91. The molecule has 0 unspecified atom stereocenters. The van der Waals surface area contributed by atoms with E-state index in [9.17, 15) is 9.90 Å². The molecule has 0 spiro atoms. The van der Waals surface area contributed by atoms with Crippen molar-refractivity contribution in [1.29, 1.82) is 0 Å². The number of hydrogen-bond acceptors (Lipinski definition) is 3. The number of allylic oxidation sites excluding steroid dienone is 2. The van der Waals surface area contributed by atoms with Crippen molar-refractivity contribution >= 4 is 21.9 Å². The summed E-state index contributed by atoms with van der Waals surface area (Å²) in [6.07, 6.45) is 6.38. The first-order chi connectivity index (χ1) is 10.7. The second-order valence-corrected chi connectivity index (χ2v) is 5.79. The number of phenolic OH excluding ortho intramolecular Hbond substituents is 1. The van der Waals surface area contributed by atoms with E-state index >= 15 is 0 Å². The standard InChI is InChI=1S/C19H16O3/c20-18-13(9-8-12-4-3-5-12)10-11-16-17(18)19(21)14-6-1-2-7-15(14)22-16/h1-2,6-8,10-11,20H,3-5,9H2. The van der Waals surface area contributed by atoms with Crippen LogP contribution in [0, 0.1) is 0 Å². The van der Waals surface area contributed by atoms with Gasteiger partial charge in [-0.3, -0.25) is 4.79 Å². The van der Waals surface area contributed by atoms with Gasteiger partial charge >= 0.3 is 0 Å². The zero-order valence-electron chi connectivity index (χ0n) is 12.1. The predicted octanol–water partition coefficient (Wildman–Crippen LogP) is 4.30. The van der Waals surface area contributed by atoms with Crippen LogP contribution in [0.15, 0.2) is 57.3 Å². The van der Waals surface area contributed by atoms with Crippen LogP contribution in [0.1, 0.15) is 24.8 Å². The van der Waals surface area contributed by atoms with E-state index in [-0.39, 0.29) is 16.6 Å². The lowest BCUT2D eigenvalue weighted by molar-refractivity contribution is 0.474. The number of benzene rings is 2. The van der Waals surface area contributed by atoms with Crippen molar-refractivity contribution in [3.8, 4) is 5.75 Å². The van der Waals surface area contributed by atoms with Crippen molar-refractivity contribution in [2.24, 2.45) is 0 Å². The topological polar surface area (TPSA) is 50.4 Å². The average molecular weight is 292 g/mol. The van der Waals surface area contributed by atoms with Crippen molar-refractivity contribution in [3.05, 3.63) is 63.8 Å². The summed E-state index contributed by atoms with van der Waals surface area (Å²) in [7, 11) is 0. The molecule has 1 fully saturated rings. The van der Waals surface area contributed by atoms with Crippen molar-refractivity contribution in [2.75, 3.05) is 0 Å². The third-order valence-corrected chi connectivity index (χ3v) is 4.41. The Kier molecular flexibility index (Phi) is 3.00. The number of rotatable bonds is 2. The van der Waals surface area contributed by atoms with Gasteiger partial charge in [0.1, 0.15) is 22.3 Å². The fourth-order valence-corrected chi connectivity index (χ4v) is 2.92. The van der Waals surface area contributed by atoms with Crippen LogP contribution in [-0.2, 0) is 6.42 Å². The Labute approximate surface area is 127 Å². The zero-order chi connectivity index (χ0) is 15.1. The predicted molar refractivity (Wildman–Crippen MR) is 87.3 cm³/mol. The second-order valence-electron chi connectivity index (χ2n) is 5.79. The summed E-state index contributed by atoms with van der Waals surface area (Å²) in [5.41, 5.74) is 3.01. The average Bonchev–Trinajstić information content (AvgIpc) is 2.48. The van der Waals surface area contributed by atoms with Gasteiger partial charge in [-0.05, 0) is 49.4 Å². The van der Waals surface area contributed by atoms with Crippen molar-refractivity contribution in [1.82, 2.24) is 0 Å². The van der Waals surface area contributed by atoms with Gasteiger partial charge in [0.2, 0.25) is 5.43 Å². The third kappa shape index (κ3) is 2.01. The van der Waals surface area contributed by atoms with Gasteiger partial charge in [-0.1, -0.05) is 29.8 Å². The van der Waals surface area contributed by atoms with E-state index in [0.29, 0.717) is 23.0 Å². The van der Waals surface area contributed by atoms with Crippen LogP contribution in [0.25, 0.3) is 21.9 Å². The molecule has 1 aliphatic carbocycles. The smallest absolute Gasteiger partial charge is 0.204 e. The molecule has 0 amide bonds. The summed E-state index contributed by atoms with van der Waals surface area (Å²) >= 11 is 0. The van der Waals surface area contributed by atoms with Crippen LogP contribution in [0.2, 0.25) is 0 Å². The Morgan fingerprint density at radius 1 is 1.09 bits per heavy atom. The van der Waals surface area contributed by atoms with Gasteiger partial charge in [0.25, 0.3) is 0 Å². The summed E-state index contributed by atoms with van der Waals surface area (Å²) in [5, 5.41) is 11.3. The van der Waals surface area contributed by atoms with Gasteiger partial charge in [0, 0.05) is 0 Å². The minimum atomic E-state index is -0.174. The van der Waals surface area contributed by atoms with E-state index in [1.165, 1.54) is 12.0 Å². The molecule has 1 heterocycles. The molecule has 2 aromatic carbocycles. The molecule has 0 aliphatic heterocycles. The van der Waals surface area contributed by atoms with Crippen molar-refractivity contribution in [2.45, 2.75) is 25.7 Å². The fourth-order valence-electron chi connectivity index (χ4n) is 2.92. The number of aromatic hydroxyl groups is 1. The summed E-state index contributed by atoms with van der Waals surface area (Å²) in [6, 6.07) is 10.7. The third-order valence-electron chi connectivity index (χ3n) is 4.41. The van der Waals surface area contributed by atoms with Crippen molar-refractivity contribution < 1.29 is 9.52 Å². The minimum Gasteiger partial charge on any atom is -0.507 e. The zero-order valence-corrected chi connectivity index (χ0v) is 12.1. The first-order valence-corrected chi connectivity index (χ1v) is 7.58. The molecule has 0 atom stereocenters. The van der Waals surface area contributed by atoms with Crippen LogP contribution >= 0.6 is 0 Å².